The van der Waals surface area contributed by atoms with Crippen LogP contribution in [0.4, 0.5) is 0 Å². The molecule has 0 bridgehead atoms. The Hall–Kier alpha value is -3.06. The van der Waals surface area contributed by atoms with Gasteiger partial charge in [-0.25, -0.2) is 0 Å². The largest absolute Gasteiger partial charge is 0.484 e. The van der Waals surface area contributed by atoms with Crippen molar-refractivity contribution in [2.24, 2.45) is 0 Å². The van der Waals surface area contributed by atoms with Crippen LogP contribution in [0.1, 0.15) is 28.4 Å². The van der Waals surface area contributed by atoms with Gasteiger partial charge < -0.3 is 10.1 Å². The maximum Gasteiger partial charge on any atom is 0.258 e. The highest BCUT2D eigenvalue weighted by Crippen LogP contribution is 2.15. The van der Waals surface area contributed by atoms with Gasteiger partial charge in [0.1, 0.15) is 5.75 Å². The Kier molecular flexibility index (Phi) is 6.16. The summed E-state index contributed by atoms with van der Waals surface area (Å²) in [6.45, 7) is 3.65. The van der Waals surface area contributed by atoms with Crippen LogP contribution < -0.4 is 10.1 Å². The predicted molar refractivity (Wildman–Crippen MR) is 93.0 cm³/mol. The molecular formula is C20H19NO3. The number of para-hydroxylation sites is 1. The number of Topliss-reactive ketones (excluding diaryl/α,β-unsaturated/α-hetero) is 1. The normalized spacial score (nSPS) is 9.58. The standard InChI is InChI=1S/C20H19NO3/c1-15-6-3-4-8-19(15)24-14-20(23)21-13-5-7-17-9-11-18(12-10-17)16(2)22/h3-4,6,8-12H,13-14H2,1-2H3,(H,21,23). The molecule has 0 spiro atoms. The zero-order chi connectivity index (χ0) is 17.4. The summed E-state index contributed by atoms with van der Waals surface area (Å²) in [4.78, 5) is 22.9. The van der Waals surface area contributed by atoms with Gasteiger partial charge in [-0.1, -0.05) is 42.2 Å². The molecule has 0 aliphatic heterocycles. The first-order valence-electron chi connectivity index (χ1n) is 7.61. The van der Waals surface area contributed by atoms with Gasteiger partial charge in [0.05, 0.1) is 6.54 Å². The van der Waals surface area contributed by atoms with Crippen LogP contribution in [0.15, 0.2) is 48.5 Å². The summed E-state index contributed by atoms with van der Waals surface area (Å²) in [6, 6.07) is 14.6. The molecule has 4 nitrogen and oxygen atoms in total. The molecule has 1 amide bonds. The number of amides is 1. The quantitative estimate of drug-likeness (QED) is 0.680. The zero-order valence-corrected chi connectivity index (χ0v) is 13.8. The molecule has 0 fully saturated rings. The fraction of sp³-hybridized carbons (Fsp3) is 0.200. The number of nitrogens with one attached hydrogen (secondary N) is 1. The van der Waals surface area contributed by atoms with Gasteiger partial charge in [0.15, 0.2) is 12.4 Å². The molecule has 0 saturated heterocycles. The van der Waals surface area contributed by atoms with Crippen molar-refractivity contribution in [1.29, 1.82) is 0 Å². The van der Waals surface area contributed by atoms with Crippen molar-refractivity contribution in [1.82, 2.24) is 5.32 Å². The number of carbonyl (C=O) groups excluding carboxylic acids is 2. The summed E-state index contributed by atoms with van der Waals surface area (Å²) in [5.41, 5.74) is 2.44. The van der Waals surface area contributed by atoms with E-state index >= 15 is 0 Å². The molecule has 2 aromatic carbocycles. The fourth-order valence-electron chi connectivity index (χ4n) is 1.99. The maximum atomic E-state index is 11.7. The van der Waals surface area contributed by atoms with E-state index in [4.69, 9.17) is 4.74 Å². The van der Waals surface area contributed by atoms with Gasteiger partial charge in [-0.15, -0.1) is 0 Å². The minimum absolute atomic E-state index is 0.0235. The molecule has 0 aromatic heterocycles. The van der Waals surface area contributed by atoms with E-state index < -0.39 is 0 Å². The summed E-state index contributed by atoms with van der Waals surface area (Å²) in [6.07, 6.45) is 0. The Morgan fingerprint density at radius 1 is 1.08 bits per heavy atom. The zero-order valence-electron chi connectivity index (χ0n) is 13.8. The third-order valence-electron chi connectivity index (χ3n) is 3.35. The summed E-state index contributed by atoms with van der Waals surface area (Å²) < 4.78 is 5.46. The maximum absolute atomic E-state index is 11.7. The third kappa shape index (κ3) is 5.29. The summed E-state index contributed by atoms with van der Waals surface area (Å²) in [5.74, 6) is 6.30. The second kappa shape index (κ2) is 8.54. The van der Waals surface area contributed by atoms with E-state index in [1.54, 1.807) is 24.3 Å². The van der Waals surface area contributed by atoms with E-state index in [2.05, 4.69) is 17.2 Å². The molecule has 2 rings (SSSR count). The monoisotopic (exact) mass is 321 g/mol. The second-order valence-electron chi connectivity index (χ2n) is 5.27. The van der Waals surface area contributed by atoms with Gasteiger partial charge in [0.25, 0.3) is 5.91 Å². The lowest BCUT2D eigenvalue weighted by Gasteiger charge is -2.07. The van der Waals surface area contributed by atoms with Gasteiger partial charge >= 0.3 is 0 Å². The number of hydrogen-bond donors (Lipinski definition) is 1. The van der Waals surface area contributed by atoms with Crippen molar-refractivity contribution in [3.63, 3.8) is 0 Å². The highest BCUT2D eigenvalue weighted by Gasteiger charge is 2.03. The van der Waals surface area contributed by atoms with Gasteiger partial charge in [-0.2, -0.15) is 0 Å². The first-order chi connectivity index (χ1) is 11.6. The first-order valence-corrected chi connectivity index (χ1v) is 7.61. The van der Waals surface area contributed by atoms with Crippen molar-refractivity contribution in [3.8, 4) is 17.6 Å². The predicted octanol–water partition coefficient (Wildman–Crippen LogP) is 2.74. The molecule has 24 heavy (non-hydrogen) atoms. The molecule has 0 heterocycles. The third-order valence-corrected chi connectivity index (χ3v) is 3.35. The average molecular weight is 321 g/mol. The van der Waals surface area contributed by atoms with E-state index in [1.807, 2.05) is 31.2 Å². The number of hydrogen-bond acceptors (Lipinski definition) is 3. The van der Waals surface area contributed by atoms with Crippen LogP contribution in [0.3, 0.4) is 0 Å². The van der Waals surface area contributed by atoms with Crippen molar-refractivity contribution in [2.45, 2.75) is 13.8 Å². The van der Waals surface area contributed by atoms with E-state index in [-0.39, 0.29) is 24.8 Å². The van der Waals surface area contributed by atoms with Crippen molar-refractivity contribution < 1.29 is 14.3 Å². The van der Waals surface area contributed by atoms with Crippen molar-refractivity contribution in [3.05, 3.63) is 65.2 Å². The molecule has 0 radical (unpaired) electrons. The SMILES string of the molecule is CC(=O)c1ccc(C#CCNC(=O)COc2ccccc2C)cc1. The smallest absolute Gasteiger partial charge is 0.258 e. The molecule has 1 N–H and O–H groups in total. The van der Waals surface area contributed by atoms with Gasteiger partial charge in [-0.3, -0.25) is 9.59 Å². The summed E-state index contributed by atoms with van der Waals surface area (Å²) in [5, 5.41) is 2.68. The lowest BCUT2D eigenvalue weighted by molar-refractivity contribution is -0.122. The summed E-state index contributed by atoms with van der Waals surface area (Å²) >= 11 is 0. The molecule has 0 aliphatic carbocycles. The van der Waals surface area contributed by atoms with Crippen molar-refractivity contribution >= 4 is 11.7 Å². The summed E-state index contributed by atoms with van der Waals surface area (Å²) in [7, 11) is 0. The topological polar surface area (TPSA) is 55.4 Å². The minimum atomic E-state index is -0.223. The van der Waals surface area contributed by atoms with Crippen LogP contribution in [-0.4, -0.2) is 24.8 Å². The van der Waals surface area contributed by atoms with Gasteiger partial charge in [0, 0.05) is 11.1 Å². The van der Waals surface area contributed by atoms with Crippen LogP contribution in [0.5, 0.6) is 5.75 Å². The second-order valence-corrected chi connectivity index (χ2v) is 5.27. The van der Waals surface area contributed by atoms with Gasteiger partial charge in [-0.05, 0) is 37.6 Å². The Bertz CT molecular complexity index is 783. The van der Waals surface area contributed by atoms with E-state index in [1.165, 1.54) is 6.92 Å². The number of benzene rings is 2. The molecule has 4 heteroatoms. The molecule has 0 unspecified atom stereocenters. The molecule has 2 aromatic rings. The molecule has 0 saturated carbocycles. The lowest BCUT2D eigenvalue weighted by Crippen LogP contribution is -2.29. The van der Waals surface area contributed by atoms with Crippen LogP contribution in [0.25, 0.3) is 0 Å². The average Bonchev–Trinajstić information content (AvgIpc) is 2.58. The molecule has 122 valence electrons. The fourth-order valence-corrected chi connectivity index (χ4v) is 1.99. The number of ether oxygens (including phenoxy) is 1. The van der Waals surface area contributed by atoms with Crippen LogP contribution in [0, 0.1) is 18.8 Å². The highest BCUT2D eigenvalue weighted by molar-refractivity contribution is 5.94. The van der Waals surface area contributed by atoms with Crippen LogP contribution in [0.2, 0.25) is 0 Å². The van der Waals surface area contributed by atoms with Crippen molar-refractivity contribution in [2.75, 3.05) is 13.2 Å². The Labute approximate surface area is 141 Å². The molecule has 0 atom stereocenters. The van der Waals surface area contributed by atoms with E-state index in [0.717, 1.165) is 11.1 Å². The van der Waals surface area contributed by atoms with E-state index in [0.29, 0.717) is 11.3 Å². The molecule has 0 aliphatic rings. The van der Waals surface area contributed by atoms with E-state index in [9.17, 15) is 9.59 Å². The number of aryl methyl sites for hydroxylation is 1. The Balaban J connectivity index is 1.77. The number of carbonyl (C=O) groups is 2. The first kappa shape index (κ1) is 17.3. The van der Waals surface area contributed by atoms with Gasteiger partial charge in [0.2, 0.25) is 0 Å². The number of ketones is 1. The Morgan fingerprint density at radius 2 is 1.79 bits per heavy atom. The Morgan fingerprint density at radius 3 is 2.46 bits per heavy atom. The molecular weight excluding hydrogens is 302 g/mol. The highest BCUT2D eigenvalue weighted by atomic mass is 16.5. The number of rotatable bonds is 5. The minimum Gasteiger partial charge on any atom is -0.484 e. The lowest BCUT2D eigenvalue weighted by atomic mass is 10.1. The van der Waals surface area contributed by atoms with Crippen LogP contribution >= 0.6 is 0 Å². The van der Waals surface area contributed by atoms with Crippen LogP contribution in [-0.2, 0) is 4.79 Å².